The van der Waals surface area contributed by atoms with Crippen LogP contribution in [0.5, 0.6) is 0 Å². The highest BCUT2D eigenvalue weighted by Gasteiger charge is 2.26. The third-order valence-corrected chi connectivity index (χ3v) is 1.15. The van der Waals surface area contributed by atoms with Crippen LogP contribution in [0.25, 0.3) is 0 Å². The smallest absolute Gasteiger partial charge is 0.198 e. The Morgan fingerprint density at radius 3 is 2.50 bits per heavy atom. The van der Waals surface area contributed by atoms with Crippen molar-refractivity contribution in [3.63, 3.8) is 0 Å². The Hall–Kier alpha value is -0.320. The maximum absolute atomic E-state index is 5.68. The van der Waals surface area contributed by atoms with Gasteiger partial charge in [-0.05, 0) is 13.8 Å². The van der Waals surface area contributed by atoms with Crippen LogP contribution in [0.2, 0.25) is 0 Å². The average molecular weight is 166 g/mol. The molecule has 1 aliphatic heterocycles. The van der Waals surface area contributed by atoms with E-state index in [0.29, 0.717) is 0 Å². The molecule has 1 atom stereocenters. The summed E-state index contributed by atoms with van der Waals surface area (Å²) in [6.45, 7) is 3.77. The summed E-state index contributed by atoms with van der Waals surface area (Å²) >= 11 is 0. The number of hydrogen-bond acceptors (Lipinski definition) is 4. The first kappa shape index (κ1) is 9.68. The van der Waals surface area contributed by atoms with Crippen molar-refractivity contribution < 1.29 is 4.84 Å². The minimum Gasteiger partial charge on any atom is -0.395 e. The lowest BCUT2D eigenvalue weighted by atomic mass is 10.0. The molecule has 0 saturated carbocycles. The van der Waals surface area contributed by atoms with E-state index < -0.39 is 0 Å². The summed E-state index contributed by atoms with van der Waals surface area (Å²) in [5, 5.41) is 0. The third-order valence-electron chi connectivity index (χ3n) is 1.15. The van der Waals surface area contributed by atoms with Gasteiger partial charge in [0.15, 0.2) is 12.6 Å². The van der Waals surface area contributed by atoms with Gasteiger partial charge in [-0.2, -0.15) is 0 Å². The first-order valence-corrected chi connectivity index (χ1v) is 2.82. The summed E-state index contributed by atoms with van der Waals surface area (Å²) < 4.78 is 0. The van der Waals surface area contributed by atoms with Crippen molar-refractivity contribution >= 4 is 18.8 Å². The maximum Gasteiger partial charge on any atom is 0.198 e. The number of nitrogens with one attached hydrogen (secondary N) is 1. The fourth-order valence-electron chi connectivity index (χ4n) is 0.561. The van der Waals surface area contributed by atoms with E-state index in [9.17, 15) is 0 Å². The molecule has 0 fully saturated rings. The highest BCUT2D eigenvalue weighted by atomic mass is 35.5. The molecular weight excluding hydrogens is 154 g/mol. The molecule has 1 heterocycles. The molecule has 60 valence electrons. The second-order valence-corrected chi connectivity index (χ2v) is 2.71. The molecule has 10 heavy (non-hydrogen) atoms. The summed E-state index contributed by atoms with van der Waals surface area (Å²) in [5.74, 6) is 0. The number of hydroxylamine groups is 1. The second-order valence-electron chi connectivity index (χ2n) is 2.71. The van der Waals surface area contributed by atoms with Crippen LogP contribution >= 0.6 is 12.4 Å². The molecule has 4 nitrogen and oxygen atoms in total. The molecule has 0 saturated heterocycles. The average Bonchev–Trinajstić information content (AvgIpc) is 2.08. The Morgan fingerprint density at radius 2 is 2.30 bits per heavy atom. The summed E-state index contributed by atoms with van der Waals surface area (Å²) in [6.07, 6.45) is 1.25. The van der Waals surface area contributed by atoms with E-state index in [2.05, 4.69) is 15.3 Å². The number of hydrogen-bond donors (Lipinski definition) is 2. The van der Waals surface area contributed by atoms with Crippen molar-refractivity contribution in [1.82, 2.24) is 5.48 Å². The molecule has 3 N–H and O–H groups in total. The third kappa shape index (κ3) is 2.13. The number of nitrogens with zero attached hydrogens (tertiary/aromatic N) is 1. The molecule has 1 aliphatic rings. The van der Waals surface area contributed by atoms with Gasteiger partial charge >= 0.3 is 0 Å². The Balaban J connectivity index is 0.000000810. The number of rotatable bonds is 1. The van der Waals surface area contributed by atoms with Gasteiger partial charge in [0.25, 0.3) is 0 Å². The SMILES string of the molecule is CC(C)(N)C1N=CON1.Cl. The van der Waals surface area contributed by atoms with Gasteiger partial charge in [0, 0.05) is 5.54 Å². The Kier molecular flexibility index (Phi) is 3.08. The normalized spacial score (nSPS) is 23.7. The van der Waals surface area contributed by atoms with Crippen LogP contribution in [0.15, 0.2) is 4.99 Å². The summed E-state index contributed by atoms with van der Waals surface area (Å²) in [6, 6.07) is 0. The van der Waals surface area contributed by atoms with Crippen molar-refractivity contribution in [2.75, 3.05) is 0 Å². The Morgan fingerprint density at radius 1 is 1.70 bits per heavy atom. The van der Waals surface area contributed by atoms with Crippen molar-refractivity contribution in [3.8, 4) is 0 Å². The summed E-state index contributed by atoms with van der Waals surface area (Å²) in [7, 11) is 0. The maximum atomic E-state index is 5.68. The Labute approximate surface area is 66.2 Å². The molecule has 1 rings (SSSR count). The van der Waals surface area contributed by atoms with Crippen LogP contribution in [0.4, 0.5) is 0 Å². The molecule has 0 bridgehead atoms. The molecule has 0 aromatic carbocycles. The van der Waals surface area contributed by atoms with E-state index >= 15 is 0 Å². The lowest BCUT2D eigenvalue weighted by molar-refractivity contribution is 0.153. The molecule has 0 aromatic rings. The lowest BCUT2D eigenvalue weighted by Gasteiger charge is -2.22. The van der Waals surface area contributed by atoms with Gasteiger partial charge in [0.1, 0.15) is 0 Å². The van der Waals surface area contributed by atoms with Gasteiger partial charge in [-0.3, -0.25) is 0 Å². The zero-order valence-electron chi connectivity index (χ0n) is 6.00. The molecule has 1 unspecified atom stereocenters. The summed E-state index contributed by atoms with van der Waals surface area (Å²) in [5.41, 5.74) is 7.98. The summed E-state index contributed by atoms with van der Waals surface area (Å²) in [4.78, 5) is 8.59. The monoisotopic (exact) mass is 165 g/mol. The van der Waals surface area contributed by atoms with Gasteiger partial charge in [0.2, 0.25) is 0 Å². The van der Waals surface area contributed by atoms with Gasteiger partial charge in [0.05, 0.1) is 0 Å². The van der Waals surface area contributed by atoms with Crippen molar-refractivity contribution in [3.05, 3.63) is 0 Å². The zero-order chi connectivity index (χ0) is 6.91. The molecule has 0 spiro atoms. The van der Waals surface area contributed by atoms with Crippen LogP contribution in [-0.4, -0.2) is 18.1 Å². The molecular formula is C5H12ClN3O. The number of nitrogens with two attached hydrogens (primary N) is 1. The topological polar surface area (TPSA) is 59.6 Å². The number of aliphatic imine (C=N–C) groups is 1. The fourth-order valence-corrected chi connectivity index (χ4v) is 0.561. The van der Waals surface area contributed by atoms with Crippen molar-refractivity contribution in [2.24, 2.45) is 10.7 Å². The molecule has 0 aliphatic carbocycles. The fraction of sp³-hybridized carbons (Fsp3) is 0.800. The largest absolute Gasteiger partial charge is 0.395 e. The minimum absolute atomic E-state index is 0. The predicted molar refractivity (Wildman–Crippen MR) is 42.0 cm³/mol. The molecule has 5 heteroatoms. The first-order chi connectivity index (χ1) is 4.11. The van der Waals surface area contributed by atoms with E-state index in [1.807, 2.05) is 13.8 Å². The second kappa shape index (κ2) is 3.18. The van der Waals surface area contributed by atoms with Crippen LogP contribution in [0.3, 0.4) is 0 Å². The zero-order valence-corrected chi connectivity index (χ0v) is 6.81. The van der Waals surface area contributed by atoms with Crippen molar-refractivity contribution in [2.45, 2.75) is 25.6 Å². The number of halogens is 1. The minimum atomic E-state index is -0.354. The van der Waals surface area contributed by atoms with E-state index in [1.165, 1.54) is 6.40 Å². The predicted octanol–water partition coefficient (Wildman–Crippen LogP) is 0.0347. The molecule has 0 aromatic heterocycles. The van der Waals surface area contributed by atoms with E-state index in [4.69, 9.17) is 5.73 Å². The highest BCUT2D eigenvalue weighted by molar-refractivity contribution is 5.85. The van der Waals surface area contributed by atoms with Crippen LogP contribution < -0.4 is 11.2 Å². The molecule has 0 radical (unpaired) electrons. The van der Waals surface area contributed by atoms with Gasteiger partial charge in [-0.25, -0.2) is 4.99 Å². The van der Waals surface area contributed by atoms with E-state index in [1.54, 1.807) is 0 Å². The van der Waals surface area contributed by atoms with Gasteiger partial charge in [-0.1, -0.05) is 0 Å². The van der Waals surface area contributed by atoms with Crippen molar-refractivity contribution in [1.29, 1.82) is 0 Å². The van der Waals surface area contributed by atoms with E-state index in [-0.39, 0.29) is 24.1 Å². The van der Waals surface area contributed by atoms with Crippen LogP contribution in [-0.2, 0) is 4.84 Å². The highest BCUT2D eigenvalue weighted by Crippen LogP contribution is 2.07. The first-order valence-electron chi connectivity index (χ1n) is 2.82. The van der Waals surface area contributed by atoms with Gasteiger partial charge < -0.3 is 10.6 Å². The Bertz CT molecular complexity index is 131. The quantitative estimate of drug-likeness (QED) is 0.577. The standard InChI is InChI=1S/C5H11N3O.ClH/c1-5(2,6)4-7-3-9-8-4;/h3-4,8H,6H2,1-2H3;1H. The van der Waals surface area contributed by atoms with E-state index in [0.717, 1.165) is 0 Å². The molecule has 0 amide bonds. The van der Waals surface area contributed by atoms with Crippen LogP contribution in [0, 0.1) is 0 Å². The van der Waals surface area contributed by atoms with Crippen LogP contribution in [0.1, 0.15) is 13.8 Å². The lowest BCUT2D eigenvalue weighted by Crippen LogP contribution is -2.49. The van der Waals surface area contributed by atoms with Gasteiger partial charge in [-0.15, -0.1) is 17.9 Å².